The quantitative estimate of drug-likeness (QED) is 0.322. The van der Waals surface area contributed by atoms with Crippen LogP contribution in [0.2, 0.25) is 0 Å². The van der Waals surface area contributed by atoms with E-state index in [2.05, 4.69) is 17.2 Å². The highest BCUT2D eigenvalue weighted by Gasteiger charge is 2.42. The number of H-pyrrole nitrogens is 1. The van der Waals surface area contributed by atoms with Gasteiger partial charge >= 0.3 is 5.69 Å². The molecule has 2 aromatic rings. The molecule has 1 fully saturated rings. The Hall–Kier alpha value is -2.81. The number of benzene rings is 1. The summed E-state index contributed by atoms with van der Waals surface area (Å²) in [5.74, 6) is -0.0176. The Labute approximate surface area is 229 Å². The third-order valence-corrected chi connectivity index (χ3v) is 8.32. The van der Waals surface area contributed by atoms with Crippen LogP contribution in [0.1, 0.15) is 87.6 Å². The van der Waals surface area contributed by atoms with Gasteiger partial charge in [-0.25, -0.2) is 4.79 Å². The van der Waals surface area contributed by atoms with Gasteiger partial charge in [-0.3, -0.25) is 23.9 Å². The molecular weight excluding hydrogens is 500 g/mol. The second-order valence-corrected chi connectivity index (χ2v) is 11.2. The third kappa shape index (κ3) is 8.61. The summed E-state index contributed by atoms with van der Waals surface area (Å²) in [5, 5.41) is 2.71. The second kappa shape index (κ2) is 15.6. The first-order valence-corrected chi connectivity index (χ1v) is 15.0. The van der Waals surface area contributed by atoms with E-state index < -0.39 is 17.3 Å². The van der Waals surface area contributed by atoms with Gasteiger partial charge in [0.2, 0.25) is 11.8 Å². The van der Waals surface area contributed by atoms with E-state index in [1.165, 1.54) is 62.1 Å². The fourth-order valence-electron chi connectivity index (χ4n) is 4.79. The lowest BCUT2D eigenvalue weighted by Crippen LogP contribution is -2.49. The first-order valence-electron chi connectivity index (χ1n) is 14.0. The lowest BCUT2D eigenvalue weighted by molar-refractivity contribution is -0.140. The van der Waals surface area contributed by atoms with Crippen LogP contribution in [-0.2, 0) is 16.1 Å². The van der Waals surface area contributed by atoms with Crippen LogP contribution < -0.4 is 16.6 Å². The van der Waals surface area contributed by atoms with Gasteiger partial charge in [-0.15, -0.1) is 11.8 Å². The monoisotopic (exact) mass is 542 g/mol. The normalized spacial score (nSPS) is 17.1. The van der Waals surface area contributed by atoms with E-state index in [1.54, 1.807) is 23.6 Å². The molecule has 1 aromatic carbocycles. The number of unbranched alkanes of at least 4 members (excludes halogenated alkanes) is 9. The SMILES string of the molecule is CCCCCCCCCCCCNC(=O)[C@@H]1CSC(c2ccccc2)N1C(=O)Cn1cc(C)c(=O)[nH]c1=O. The van der Waals surface area contributed by atoms with Crippen molar-refractivity contribution in [1.82, 2.24) is 19.8 Å². The minimum Gasteiger partial charge on any atom is -0.354 e. The van der Waals surface area contributed by atoms with Gasteiger partial charge in [-0.2, -0.15) is 0 Å². The number of rotatable bonds is 15. The van der Waals surface area contributed by atoms with Gasteiger partial charge < -0.3 is 10.2 Å². The van der Waals surface area contributed by atoms with Gasteiger partial charge in [0.1, 0.15) is 18.0 Å². The molecule has 2 N–H and O–H groups in total. The molecular formula is C29H42N4O4S. The second-order valence-electron chi connectivity index (χ2n) is 10.1. The fourth-order valence-corrected chi connectivity index (χ4v) is 6.24. The molecule has 2 amide bonds. The molecule has 0 saturated carbocycles. The largest absolute Gasteiger partial charge is 0.354 e. The molecule has 2 atom stereocenters. The molecule has 208 valence electrons. The van der Waals surface area contributed by atoms with Gasteiger partial charge in [0.15, 0.2) is 0 Å². The van der Waals surface area contributed by atoms with Crippen LogP contribution in [0, 0.1) is 6.92 Å². The molecule has 1 unspecified atom stereocenters. The number of hydrogen-bond donors (Lipinski definition) is 2. The first kappa shape index (κ1) is 29.7. The van der Waals surface area contributed by atoms with Crippen molar-refractivity contribution in [3.05, 3.63) is 68.5 Å². The lowest BCUT2D eigenvalue weighted by Gasteiger charge is -2.29. The molecule has 0 radical (unpaired) electrons. The number of aryl methyl sites for hydroxylation is 1. The maximum Gasteiger partial charge on any atom is 0.328 e. The van der Waals surface area contributed by atoms with E-state index in [-0.39, 0.29) is 23.7 Å². The van der Waals surface area contributed by atoms with Gasteiger partial charge in [0.25, 0.3) is 5.56 Å². The highest BCUT2D eigenvalue weighted by molar-refractivity contribution is 7.99. The number of nitrogens with one attached hydrogen (secondary N) is 2. The summed E-state index contributed by atoms with van der Waals surface area (Å²) in [6.45, 7) is 4.16. The summed E-state index contributed by atoms with van der Waals surface area (Å²) in [7, 11) is 0. The van der Waals surface area contributed by atoms with Crippen LogP contribution in [0.15, 0.2) is 46.1 Å². The van der Waals surface area contributed by atoms with Crippen molar-refractivity contribution in [3.8, 4) is 0 Å². The zero-order chi connectivity index (χ0) is 27.3. The number of amides is 2. The van der Waals surface area contributed by atoms with Crippen LogP contribution in [0.25, 0.3) is 0 Å². The Balaban J connectivity index is 1.56. The summed E-state index contributed by atoms with van der Waals surface area (Å²) in [6, 6.07) is 8.99. The van der Waals surface area contributed by atoms with E-state index in [4.69, 9.17) is 0 Å². The smallest absolute Gasteiger partial charge is 0.328 e. The molecule has 1 aromatic heterocycles. The van der Waals surface area contributed by atoms with Crippen molar-refractivity contribution in [2.75, 3.05) is 12.3 Å². The van der Waals surface area contributed by atoms with Crippen molar-refractivity contribution in [3.63, 3.8) is 0 Å². The number of carbonyl (C=O) groups excluding carboxylic acids is 2. The maximum absolute atomic E-state index is 13.5. The highest BCUT2D eigenvalue weighted by atomic mass is 32.2. The molecule has 3 rings (SSSR count). The topological polar surface area (TPSA) is 104 Å². The Morgan fingerprint density at radius 2 is 1.61 bits per heavy atom. The van der Waals surface area contributed by atoms with Crippen LogP contribution in [-0.4, -0.2) is 44.6 Å². The van der Waals surface area contributed by atoms with Crippen LogP contribution in [0.4, 0.5) is 0 Å². The highest BCUT2D eigenvalue weighted by Crippen LogP contribution is 2.41. The summed E-state index contributed by atoms with van der Waals surface area (Å²) in [5.41, 5.74) is 0.167. The number of aromatic nitrogens is 2. The predicted octanol–water partition coefficient (Wildman–Crippen LogP) is 4.52. The molecule has 0 aliphatic carbocycles. The van der Waals surface area contributed by atoms with Crippen molar-refractivity contribution >= 4 is 23.6 Å². The van der Waals surface area contributed by atoms with Crippen molar-refractivity contribution in [2.45, 2.75) is 96.0 Å². The predicted molar refractivity (Wildman–Crippen MR) is 153 cm³/mol. The van der Waals surface area contributed by atoms with Crippen LogP contribution >= 0.6 is 11.8 Å². The van der Waals surface area contributed by atoms with Gasteiger partial charge in [-0.1, -0.05) is 95.0 Å². The number of nitrogens with zero attached hydrogens (tertiary/aromatic N) is 2. The van der Waals surface area contributed by atoms with E-state index in [1.807, 2.05) is 30.3 Å². The van der Waals surface area contributed by atoms with Crippen LogP contribution in [0.3, 0.4) is 0 Å². The molecule has 2 heterocycles. The number of carbonyl (C=O) groups is 2. The number of hydrogen-bond acceptors (Lipinski definition) is 5. The van der Waals surface area contributed by atoms with E-state index in [0.717, 1.165) is 18.4 Å². The minimum atomic E-state index is -0.640. The number of thioether (sulfide) groups is 1. The van der Waals surface area contributed by atoms with Crippen molar-refractivity contribution in [2.24, 2.45) is 0 Å². The summed E-state index contributed by atoms with van der Waals surface area (Å²) < 4.78 is 1.20. The summed E-state index contributed by atoms with van der Waals surface area (Å²) in [6.07, 6.45) is 13.7. The van der Waals surface area contributed by atoms with Gasteiger partial charge in [0, 0.05) is 24.1 Å². The van der Waals surface area contributed by atoms with E-state index >= 15 is 0 Å². The van der Waals surface area contributed by atoms with E-state index in [0.29, 0.717) is 17.9 Å². The van der Waals surface area contributed by atoms with Gasteiger partial charge in [-0.05, 0) is 18.9 Å². The Morgan fingerprint density at radius 3 is 2.26 bits per heavy atom. The first-order chi connectivity index (χ1) is 18.4. The Morgan fingerprint density at radius 1 is 0.974 bits per heavy atom. The van der Waals surface area contributed by atoms with Crippen molar-refractivity contribution in [1.29, 1.82) is 0 Å². The van der Waals surface area contributed by atoms with Crippen LogP contribution in [0.5, 0.6) is 0 Å². The Bertz CT molecular complexity index is 1150. The number of aromatic amines is 1. The molecule has 38 heavy (non-hydrogen) atoms. The molecule has 1 saturated heterocycles. The maximum atomic E-state index is 13.5. The molecule has 8 nitrogen and oxygen atoms in total. The Kier molecular flexibility index (Phi) is 12.2. The molecule has 0 bridgehead atoms. The molecule has 1 aliphatic rings. The molecule has 1 aliphatic heterocycles. The zero-order valence-corrected chi connectivity index (χ0v) is 23.6. The average Bonchev–Trinajstić information content (AvgIpc) is 3.36. The molecule has 0 spiro atoms. The summed E-state index contributed by atoms with van der Waals surface area (Å²) >= 11 is 1.55. The van der Waals surface area contributed by atoms with E-state index in [9.17, 15) is 19.2 Å². The standard InChI is InChI=1S/C29H42N4O4S/c1-3-4-5-6-7-8-9-10-11-15-18-30-27(36)24-21-38-28(23-16-13-12-14-17-23)33(24)25(34)20-32-19-22(2)26(35)31-29(32)37/h12-14,16-17,19,24,28H,3-11,15,18,20-21H2,1-2H3,(H,30,36)(H,31,35,37)/t24-,28?/m0/s1. The minimum absolute atomic E-state index is 0.162. The third-order valence-electron chi connectivity index (χ3n) is 7.00. The van der Waals surface area contributed by atoms with Crippen molar-refractivity contribution < 1.29 is 9.59 Å². The average molecular weight is 543 g/mol. The zero-order valence-electron chi connectivity index (χ0n) is 22.7. The molecule has 9 heteroatoms. The van der Waals surface area contributed by atoms with Gasteiger partial charge in [0.05, 0.1) is 0 Å². The lowest BCUT2D eigenvalue weighted by atomic mass is 10.1. The summed E-state index contributed by atoms with van der Waals surface area (Å²) in [4.78, 5) is 54.6. The fraction of sp³-hybridized carbons (Fsp3) is 0.586.